The third kappa shape index (κ3) is 3.82. The summed E-state index contributed by atoms with van der Waals surface area (Å²) in [6.07, 6.45) is 3.53. The Morgan fingerprint density at radius 2 is 2.04 bits per heavy atom. The van der Waals surface area contributed by atoms with Gasteiger partial charge in [-0.3, -0.25) is 15.0 Å². The molecule has 3 aromatic rings. The topological polar surface area (TPSA) is 72.4 Å². The molecule has 6 nitrogen and oxygen atoms in total. The molecule has 2 heterocycles. The summed E-state index contributed by atoms with van der Waals surface area (Å²) in [6, 6.07) is 17.6. The highest BCUT2D eigenvalue weighted by molar-refractivity contribution is 5.60. The molecule has 1 aliphatic rings. The van der Waals surface area contributed by atoms with Crippen molar-refractivity contribution in [3.63, 3.8) is 0 Å². The highest BCUT2D eigenvalue weighted by atomic mass is 16.6. The van der Waals surface area contributed by atoms with Crippen LogP contribution < -0.4 is 0 Å². The van der Waals surface area contributed by atoms with Crippen molar-refractivity contribution >= 4 is 5.69 Å². The van der Waals surface area contributed by atoms with Crippen LogP contribution in [0.25, 0.3) is 11.3 Å². The molecule has 1 aliphatic heterocycles. The molecule has 6 heteroatoms. The second kappa shape index (κ2) is 7.94. The highest BCUT2D eigenvalue weighted by Gasteiger charge is 2.31. The molecule has 0 unspecified atom stereocenters. The third-order valence-corrected chi connectivity index (χ3v) is 5.62. The van der Waals surface area contributed by atoms with Gasteiger partial charge in [-0.15, -0.1) is 0 Å². The molecule has 0 spiro atoms. The van der Waals surface area contributed by atoms with Crippen LogP contribution in [0.15, 0.2) is 65.2 Å². The number of non-ortho nitro benzene ring substituents is 1. The molecule has 0 bridgehead atoms. The first-order valence-electron chi connectivity index (χ1n) is 9.60. The zero-order valence-corrected chi connectivity index (χ0v) is 15.8. The van der Waals surface area contributed by atoms with Crippen molar-refractivity contribution in [2.75, 3.05) is 13.1 Å². The minimum Gasteiger partial charge on any atom is -0.441 e. The standard InChI is InChI=1S/C22H23N3O3/c1-16-20(17-6-3-2-4-7-17)10-12-24(16)13-11-22-23-15-21(28-22)18-8-5-9-19(14-18)25(26)27/h2-9,14-16,20H,10-13H2,1H3/t16-,20-/m0/s1. The van der Waals surface area contributed by atoms with Crippen molar-refractivity contribution in [2.45, 2.75) is 31.7 Å². The van der Waals surface area contributed by atoms with Gasteiger partial charge in [-0.05, 0) is 25.5 Å². The molecule has 0 radical (unpaired) electrons. The number of aromatic nitrogens is 1. The fourth-order valence-electron chi connectivity index (χ4n) is 4.04. The maximum atomic E-state index is 11.0. The van der Waals surface area contributed by atoms with Crippen molar-refractivity contribution in [2.24, 2.45) is 0 Å². The van der Waals surface area contributed by atoms with Crippen LogP contribution >= 0.6 is 0 Å². The van der Waals surface area contributed by atoms with E-state index in [4.69, 9.17) is 4.42 Å². The normalized spacial score (nSPS) is 19.8. The molecule has 1 saturated heterocycles. The first kappa shape index (κ1) is 18.4. The second-order valence-electron chi connectivity index (χ2n) is 7.26. The molecule has 28 heavy (non-hydrogen) atoms. The van der Waals surface area contributed by atoms with E-state index in [1.807, 2.05) is 0 Å². The molecule has 1 fully saturated rings. The number of hydrogen-bond acceptors (Lipinski definition) is 5. The summed E-state index contributed by atoms with van der Waals surface area (Å²) in [5.74, 6) is 1.79. The fourth-order valence-corrected chi connectivity index (χ4v) is 4.04. The number of hydrogen-bond donors (Lipinski definition) is 0. The summed E-state index contributed by atoms with van der Waals surface area (Å²) in [7, 11) is 0. The van der Waals surface area contributed by atoms with Gasteiger partial charge in [0.2, 0.25) is 0 Å². The lowest BCUT2D eigenvalue weighted by Gasteiger charge is -2.24. The van der Waals surface area contributed by atoms with E-state index in [2.05, 4.69) is 47.1 Å². The fraction of sp³-hybridized carbons (Fsp3) is 0.318. The van der Waals surface area contributed by atoms with Crippen molar-refractivity contribution in [1.29, 1.82) is 0 Å². The van der Waals surface area contributed by atoms with Gasteiger partial charge in [0.15, 0.2) is 11.7 Å². The van der Waals surface area contributed by atoms with E-state index in [1.165, 1.54) is 17.7 Å². The predicted octanol–water partition coefficient (Wildman–Crippen LogP) is 4.67. The van der Waals surface area contributed by atoms with E-state index in [0.29, 0.717) is 29.2 Å². The van der Waals surface area contributed by atoms with Crippen molar-refractivity contribution in [3.05, 3.63) is 82.4 Å². The Labute approximate surface area is 164 Å². The number of likely N-dealkylation sites (tertiary alicyclic amines) is 1. The van der Waals surface area contributed by atoms with Crippen molar-refractivity contribution < 1.29 is 9.34 Å². The lowest BCUT2D eigenvalue weighted by molar-refractivity contribution is -0.384. The number of rotatable bonds is 6. The maximum Gasteiger partial charge on any atom is 0.270 e. The highest BCUT2D eigenvalue weighted by Crippen LogP contribution is 2.33. The summed E-state index contributed by atoms with van der Waals surface area (Å²) in [5, 5.41) is 11.0. The van der Waals surface area contributed by atoms with E-state index in [0.717, 1.165) is 25.9 Å². The minimum absolute atomic E-state index is 0.0493. The van der Waals surface area contributed by atoms with Crippen molar-refractivity contribution in [3.8, 4) is 11.3 Å². The third-order valence-electron chi connectivity index (χ3n) is 5.62. The maximum absolute atomic E-state index is 11.0. The Bertz CT molecular complexity index is 954. The largest absolute Gasteiger partial charge is 0.441 e. The van der Waals surface area contributed by atoms with Crippen LogP contribution in [-0.2, 0) is 6.42 Å². The zero-order chi connectivity index (χ0) is 19.5. The number of benzene rings is 2. The quantitative estimate of drug-likeness (QED) is 0.461. The van der Waals surface area contributed by atoms with Gasteiger partial charge in [-0.25, -0.2) is 4.98 Å². The van der Waals surface area contributed by atoms with Crippen LogP contribution in [0.1, 0.15) is 30.7 Å². The molecule has 1 aromatic heterocycles. The van der Waals surface area contributed by atoms with Gasteiger partial charge < -0.3 is 4.42 Å². The molecule has 4 rings (SSSR count). The van der Waals surface area contributed by atoms with Gasteiger partial charge in [-0.1, -0.05) is 42.5 Å². The van der Waals surface area contributed by atoms with Crippen LogP contribution in [0.2, 0.25) is 0 Å². The van der Waals surface area contributed by atoms with Gasteiger partial charge >= 0.3 is 0 Å². The van der Waals surface area contributed by atoms with E-state index in [9.17, 15) is 10.1 Å². The molecule has 2 aromatic carbocycles. The number of oxazole rings is 1. The summed E-state index contributed by atoms with van der Waals surface area (Å²) < 4.78 is 5.85. The van der Waals surface area contributed by atoms with Gasteiger partial charge in [-0.2, -0.15) is 0 Å². The zero-order valence-electron chi connectivity index (χ0n) is 15.8. The molecule has 0 N–H and O–H groups in total. The van der Waals surface area contributed by atoms with Crippen LogP contribution in [0.4, 0.5) is 5.69 Å². The summed E-state index contributed by atoms with van der Waals surface area (Å²) >= 11 is 0. The summed E-state index contributed by atoms with van der Waals surface area (Å²) in [5.41, 5.74) is 2.13. The van der Waals surface area contributed by atoms with Crippen LogP contribution in [0.3, 0.4) is 0 Å². The Hall–Kier alpha value is -2.99. The van der Waals surface area contributed by atoms with Crippen LogP contribution in [0.5, 0.6) is 0 Å². The Balaban J connectivity index is 1.39. The van der Waals surface area contributed by atoms with Gasteiger partial charge in [0.25, 0.3) is 5.69 Å². The number of nitro groups is 1. The average Bonchev–Trinajstić information content (AvgIpc) is 3.34. The van der Waals surface area contributed by atoms with Gasteiger partial charge in [0.1, 0.15) is 0 Å². The van der Waals surface area contributed by atoms with E-state index >= 15 is 0 Å². The monoisotopic (exact) mass is 377 g/mol. The number of nitro benzene ring substituents is 1. The van der Waals surface area contributed by atoms with Crippen molar-refractivity contribution in [1.82, 2.24) is 9.88 Å². The first-order valence-corrected chi connectivity index (χ1v) is 9.60. The molecule has 144 valence electrons. The SMILES string of the molecule is C[C@H]1[C@@H](c2ccccc2)CCN1CCc1ncc(-c2cccc([N+](=O)[O-])c2)o1. The van der Waals surface area contributed by atoms with Crippen LogP contribution in [0, 0.1) is 10.1 Å². The predicted molar refractivity (Wildman–Crippen MR) is 107 cm³/mol. The van der Waals surface area contributed by atoms with Gasteiger partial charge in [0, 0.05) is 42.6 Å². The summed E-state index contributed by atoms with van der Waals surface area (Å²) in [4.78, 5) is 17.4. The second-order valence-corrected chi connectivity index (χ2v) is 7.26. The lowest BCUT2D eigenvalue weighted by Crippen LogP contribution is -2.31. The Morgan fingerprint density at radius 1 is 1.21 bits per heavy atom. The molecular formula is C22H23N3O3. The minimum atomic E-state index is -0.404. The van der Waals surface area contributed by atoms with E-state index in [1.54, 1.807) is 18.3 Å². The van der Waals surface area contributed by atoms with E-state index in [-0.39, 0.29) is 5.69 Å². The van der Waals surface area contributed by atoms with Gasteiger partial charge in [0.05, 0.1) is 11.1 Å². The number of nitrogens with zero attached hydrogens (tertiary/aromatic N) is 3. The summed E-state index contributed by atoms with van der Waals surface area (Å²) in [6.45, 7) is 4.24. The first-order chi connectivity index (χ1) is 13.6. The molecule has 0 amide bonds. The Kier molecular flexibility index (Phi) is 5.21. The molecule has 0 aliphatic carbocycles. The van der Waals surface area contributed by atoms with Crippen LogP contribution in [-0.4, -0.2) is 33.9 Å². The Morgan fingerprint density at radius 3 is 2.82 bits per heavy atom. The molecular weight excluding hydrogens is 354 g/mol. The average molecular weight is 377 g/mol. The van der Waals surface area contributed by atoms with E-state index < -0.39 is 4.92 Å². The molecule has 0 saturated carbocycles. The molecule has 2 atom stereocenters. The smallest absolute Gasteiger partial charge is 0.270 e. The lowest BCUT2D eigenvalue weighted by atomic mass is 9.93.